The molecule has 1 heterocycles. The van der Waals surface area contributed by atoms with E-state index in [0.29, 0.717) is 0 Å². The molecule has 2 rings (SSSR count). The van der Waals surface area contributed by atoms with Crippen LogP contribution in [0, 0.1) is 12.7 Å². The average molecular weight is 277 g/mol. The number of benzene rings is 1. The molecule has 0 unspecified atom stereocenters. The minimum atomic E-state index is -0.239. The van der Waals surface area contributed by atoms with Gasteiger partial charge in [0.2, 0.25) is 5.95 Å². The first-order chi connectivity index (χ1) is 9.70. The third-order valence-corrected chi connectivity index (χ3v) is 2.88. The average Bonchev–Trinajstić information content (AvgIpc) is 2.80. The maximum absolute atomic E-state index is 13.0. The lowest BCUT2D eigenvalue weighted by atomic mass is 10.3. The Balaban J connectivity index is 2.04. The second-order valence-corrected chi connectivity index (χ2v) is 4.53. The van der Waals surface area contributed by atoms with Gasteiger partial charge in [0.15, 0.2) is 0 Å². The lowest BCUT2D eigenvalue weighted by Crippen LogP contribution is -2.09. The fraction of sp³-hybridized carbons (Fsp3) is 0.400. The van der Waals surface area contributed by atoms with E-state index in [2.05, 4.69) is 10.3 Å². The molecule has 1 N–H and O–H groups in total. The molecule has 20 heavy (non-hydrogen) atoms. The summed E-state index contributed by atoms with van der Waals surface area (Å²) in [5.41, 5.74) is 1.81. The van der Waals surface area contributed by atoms with Gasteiger partial charge in [-0.2, -0.15) is 0 Å². The third-order valence-electron chi connectivity index (χ3n) is 2.88. The van der Waals surface area contributed by atoms with Gasteiger partial charge in [-0.1, -0.05) is 0 Å². The molecule has 0 aliphatic heterocycles. The van der Waals surface area contributed by atoms with Crippen molar-refractivity contribution in [1.29, 1.82) is 0 Å². The Bertz CT molecular complexity index is 537. The number of imidazole rings is 1. The smallest absolute Gasteiger partial charge is 0.207 e. The van der Waals surface area contributed by atoms with Crippen LogP contribution >= 0.6 is 0 Å². The Morgan fingerprint density at radius 3 is 2.75 bits per heavy atom. The lowest BCUT2D eigenvalue weighted by molar-refractivity contribution is 0.147. The quantitative estimate of drug-likeness (QED) is 0.790. The summed E-state index contributed by atoms with van der Waals surface area (Å²) in [6.45, 7) is 6.18. The Morgan fingerprint density at radius 1 is 1.30 bits per heavy atom. The highest BCUT2D eigenvalue weighted by atomic mass is 19.1. The van der Waals surface area contributed by atoms with Crippen LogP contribution in [-0.2, 0) is 4.74 Å². The van der Waals surface area contributed by atoms with Gasteiger partial charge in [0.1, 0.15) is 5.82 Å². The van der Waals surface area contributed by atoms with Gasteiger partial charge in [-0.05, 0) is 44.5 Å². The van der Waals surface area contributed by atoms with Gasteiger partial charge >= 0.3 is 0 Å². The number of nitrogens with zero attached hydrogens (tertiary/aromatic N) is 2. The highest BCUT2D eigenvalue weighted by Crippen LogP contribution is 2.17. The van der Waals surface area contributed by atoms with Crippen molar-refractivity contribution in [2.45, 2.75) is 20.3 Å². The fourth-order valence-corrected chi connectivity index (χ4v) is 1.94. The maximum atomic E-state index is 13.0. The van der Waals surface area contributed by atoms with Gasteiger partial charge in [0, 0.05) is 31.6 Å². The molecule has 0 saturated carbocycles. The molecule has 0 spiro atoms. The zero-order chi connectivity index (χ0) is 14.4. The topological polar surface area (TPSA) is 39.1 Å². The Hall–Kier alpha value is -1.88. The van der Waals surface area contributed by atoms with Crippen LogP contribution in [0.15, 0.2) is 30.5 Å². The molecule has 0 radical (unpaired) electrons. The van der Waals surface area contributed by atoms with Crippen LogP contribution in [0.2, 0.25) is 0 Å². The summed E-state index contributed by atoms with van der Waals surface area (Å²) in [7, 11) is 0. The first-order valence-electron chi connectivity index (χ1n) is 6.84. The van der Waals surface area contributed by atoms with Crippen molar-refractivity contribution < 1.29 is 9.13 Å². The summed E-state index contributed by atoms with van der Waals surface area (Å²) in [6, 6.07) is 6.37. The number of ether oxygens (including phenoxy) is 1. The molecule has 0 aliphatic rings. The van der Waals surface area contributed by atoms with E-state index in [4.69, 9.17) is 4.74 Å². The Labute approximate surface area is 118 Å². The summed E-state index contributed by atoms with van der Waals surface area (Å²) < 4.78 is 20.2. The molecule has 4 nitrogen and oxygen atoms in total. The highest BCUT2D eigenvalue weighted by Gasteiger charge is 2.07. The van der Waals surface area contributed by atoms with Crippen molar-refractivity contribution in [2.75, 3.05) is 25.1 Å². The van der Waals surface area contributed by atoms with Crippen LogP contribution < -0.4 is 5.32 Å². The van der Waals surface area contributed by atoms with E-state index in [1.165, 1.54) is 12.1 Å². The van der Waals surface area contributed by atoms with Gasteiger partial charge in [-0.25, -0.2) is 9.37 Å². The zero-order valence-electron chi connectivity index (χ0n) is 11.9. The van der Waals surface area contributed by atoms with Crippen LogP contribution in [0.4, 0.5) is 10.3 Å². The minimum absolute atomic E-state index is 0.239. The molecular formula is C15H20FN3O. The molecule has 0 amide bonds. The first kappa shape index (κ1) is 14.5. The summed E-state index contributed by atoms with van der Waals surface area (Å²) in [4.78, 5) is 4.44. The van der Waals surface area contributed by atoms with Crippen LogP contribution in [0.3, 0.4) is 0 Å². The van der Waals surface area contributed by atoms with E-state index in [9.17, 15) is 4.39 Å². The number of anilines is 1. The van der Waals surface area contributed by atoms with Crippen LogP contribution in [-0.4, -0.2) is 29.3 Å². The van der Waals surface area contributed by atoms with Gasteiger partial charge in [0.05, 0.1) is 5.69 Å². The fourth-order valence-electron chi connectivity index (χ4n) is 1.94. The van der Waals surface area contributed by atoms with E-state index in [1.807, 2.05) is 24.6 Å². The van der Waals surface area contributed by atoms with Crippen molar-refractivity contribution in [3.05, 3.63) is 42.0 Å². The molecule has 2 aromatic rings. The van der Waals surface area contributed by atoms with Gasteiger partial charge < -0.3 is 10.1 Å². The maximum Gasteiger partial charge on any atom is 0.207 e. The molecular weight excluding hydrogens is 257 g/mol. The van der Waals surface area contributed by atoms with Crippen molar-refractivity contribution in [2.24, 2.45) is 0 Å². The van der Waals surface area contributed by atoms with Crippen LogP contribution in [0.25, 0.3) is 5.69 Å². The zero-order valence-corrected chi connectivity index (χ0v) is 11.9. The molecule has 5 heteroatoms. The van der Waals surface area contributed by atoms with Crippen LogP contribution in [0.5, 0.6) is 0 Å². The molecule has 0 aliphatic carbocycles. The summed E-state index contributed by atoms with van der Waals surface area (Å²) in [6.07, 6.45) is 2.85. The van der Waals surface area contributed by atoms with E-state index in [0.717, 1.165) is 43.5 Å². The number of halogens is 1. The van der Waals surface area contributed by atoms with E-state index < -0.39 is 0 Å². The predicted octanol–water partition coefficient (Wildman–Crippen LogP) is 3.16. The summed E-state index contributed by atoms with van der Waals surface area (Å²) >= 11 is 0. The van der Waals surface area contributed by atoms with E-state index in [-0.39, 0.29) is 5.82 Å². The standard InChI is InChI=1S/C15H20FN3O/c1-3-20-10-4-9-17-15-18-12(2)11-19(15)14-7-5-13(16)6-8-14/h5-8,11H,3-4,9-10H2,1-2H3,(H,17,18). The molecule has 0 bridgehead atoms. The minimum Gasteiger partial charge on any atom is -0.382 e. The van der Waals surface area contributed by atoms with Gasteiger partial charge in [0.25, 0.3) is 0 Å². The number of rotatable bonds is 7. The summed E-state index contributed by atoms with van der Waals surface area (Å²) in [5, 5.41) is 3.28. The number of hydrogen-bond acceptors (Lipinski definition) is 3. The number of aryl methyl sites for hydroxylation is 1. The predicted molar refractivity (Wildman–Crippen MR) is 77.9 cm³/mol. The number of hydrogen-bond donors (Lipinski definition) is 1. The van der Waals surface area contributed by atoms with Crippen LogP contribution in [0.1, 0.15) is 19.0 Å². The SMILES string of the molecule is CCOCCCNc1nc(C)cn1-c1ccc(F)cc1. The molecule has 1 aromatic carbocycles. The number of nitrogens with one attached hydrogen (secondary N) is 1. The number of aromatic nitrogens is 2. The highest BCUT2D eigenvalue weighted by molar-refractivity contribution is 5.43. The monoisotopic (exact) mass is 277 g/mol. The summed E-state index contributed by atoms with van der Waals surface area (Å²) in [5.74, 6) is 0.530. The third kappa shape index (κ3) is 3.81. The lowest BCUT2D eigenvalue weighted by Gasteiger charge is -2.09. The van der Waals surface area contributed by atoms with Gasteiger partial charge in [-0.15, -0.1) is 0 Å². The second-order valence-electron chi connectivity index (χ2n) is 4.53. The van der Waals surface area contributed by atoms with E-state index >= 15 is 0 Å². The first-order valence-corrected chi connectivity index (χ1v) is 6.84. The molecule has 1 aromatic heterocycles. The van der Waals surface area contributed by atoms with Gasteiger partial charge in [-0.3, -0.25) is 4.57 Å². The Kier molecular flexibility index (Phi) is 5.12. The largest absolute Gasteiger partial charge is 0.382 e. The van der Waals surface area contributed by atoms with Crippen molar-refractivity contribution in [1.82, 2.24) is 9.55 Å². The normalized spacial score (nSPS) is 10.8. The second kappa shape index (κ2) is 7.05. The molecule has 108 valence electrons. The van der Waals surface area contributed by atoms with Crippen molar-refractivity contribution in [3.63, 3.8) is 0 Å². The molecule has 0 atom stereocenters. The molecule has 0 saturated heterocycles. The van der Waals surface area contributed by atoms with Crippen molar-refractivity contribution in [3.8, 4) is 5.69 Å². The Morgan fingerprint density at radius 2 is 2.05 bits per heavy atom. The molecule has 0 fully saturated rings. The van der Waals surface area contributed by atoms with E-state index in [1.54, 1.807) is 12.1 Å². The van der Waals surface area contributed by atoms with Crippen molar-refractivity contribution >= 4 is 5.95 Å².